The summed E-state index contributed by atoms with van der Waals surface area (Å²) >= 11 is 0. The Balaban J connectivity index is 1.13. The molecule has 0 amide bonds. The molecule has 47 heavy (non-hydrogen) atoms. The fourth-order valence-corrected chi connectivity index (χ4v) is 7.59. The molecule has 9 nitrogen and oxygen atoms in total. The molecule has 0 unspecified atom stereocenters. The summed E-state index contributed by atoms with van der Waals surface area (Å²) in [6, 6.07) is 38.2. The van der Waals surface area contributed by atoms with Gasteiger partial charge in [0.2, 0.25) is 11.8 Å². The van der Waals surface area contributed by atoms with E-state index in [2.05, 4.69) is 49.4 Å². The second-order valence-electron chi connectivity index (χ2n) is 10.3. The van der Waals surface area contributed by atoms with Gasteiger partial charge in [0.05, 0.1) is 6.20 Å². The summed E-state index contributed by atoms with van der Waals surface area (Å²) in [6.07, 6.45) is 6.63. The van der Waals surface area contributed by atoms with Gasteiger partial charge in [0.25, 0.3) is 0 Å². The molecule has 8 aromatic rings. The molecule has 0 saturated heterocycles. The maximum absolute atomic E-state index is 6.33. The Bertz CT molecular complexity index is 2180. The fourth-order valence-electron chi connectivity index (χ4n) is 5.19. The van der Waals surface area contributed by atoms with Crippen LogP contribution >= 0.6 is 7.53 Å². The number of fused-ring (bicyclic) bond motifs is 3. The van der Waals surface area contributed by atoms with Crippen molar-refractivity contribution >= 4 is 28.5 Å². The van der Waals surface area contributed by atoms with Crippen molar-refractivity contribution in [1.82, 2.24) is 25.1 Å². The van der Waals surface area contributed by atoms with Crippen LogP contribution in [0.1, 0.15) is 0 Å². The molecule has 0 atom stereocenters. The monoisotopic (exact) mass is 633 g/mol. The molecule has 226 valence electrons. The van der Waals surface area contributed by atoms with Crippen molar-refractivity contribution in [3.05, 3.63) is 146 Å². The average Bonchev–Trinajstić information content (AvgIpc) is 3.42. The van der Waals surface area contributed by atoms with Crippen LogP contribution < -0.4 is 18.9 Å². The highest BCUT2D eigenvalue weighted by Gasteiger charge is 2.18. The lowest BCUT2D eigenvalue weighted by Crippen LogP contribution is -1.88. The highest BCUT2D eigenvalue weighted by Crippen LogP contribution is 2.55. The van der Waals surface area contributed by atoms with Crippen LogP contribution in [0.5, 0.6) is 46.3 Å². The molecule has 0 aliphatic rings. The van der Waals surface area contributed by atoms with Crippen LogP contribution in [0.3, 0.4) is 0 Å². The van der Waals surface area contributed by atoms with Crippen molar-refractivity contribution in [2.45, 2.75) is 0 Å². The molecule has 4 heterocycles. The molecule has 10 heteroatoms. The first-order valence-electron chi connectivity index (χ1n) is 14.7. The standard InChI is InChI=1S/C37H24N5O4P/c1-3-17-38-35(11-1)45-27-9-5-7-25(21-27)43-29-13-15-31-32-16-14-30(24-34(32)47(33(31)23-29)37-40-19-20-41-42-37)44-26-8-6-10-28(22-26)46-36-12-2-4-18-39-36/h1-24H. The van der Waals surface area contributed by atoms with Crippen LogP contribution in [0.25, 0.3) is 26.6 Å². The largest absolute Gasteiger partial charge is 0.457 e. The van der Waals surface area contributed by atoms with E-state index in [-0.39, 0.29) is 0 Å². The van der Waals surface area contributed by atoms with Gasteiger partial charge in [-0.2, -0.15) is 5.10 Å². The van der Waals surface area contributed by atoms with Gasteiger partial charge in [0, 0.05) is 53.1 Å². The Kier molecular flexibility index (Phi) is 7.55. The van der Waals surface area contributed by atoms with Crippen molar-refractivity contribution < 1.29 is 18.9 Å². The van der Waals surface area contributed by atoms with Crippen LogP contribution in [-0.2, 0) is 0 Å². The quantitative estimate of drug-likeness (QED) is 0.154. The van der Waals surface area contributed by atoms with Gasteiger partial charge in [-0.15, -0.1) is 5.10 Å². The number of aromatic nitrogens is 5. The van der Waals surface area contributed by atoms with Gasteiger partial charge in [-0.3, -0.25) is 0 Å². The number of nitrogens with zero attached hydrogens (tertiary/aromatic N) is 5. The third-order valence-corrected chi connectivity index (χ3v) is 9.49. The molecule has 0 bridgehead atoms. The van der Waals surface area contributed by atoms with E-state index < -0.39 is 7.53 Å². The normalized spacial score (nSPS) is 11.0. The van der Waals surface area contributed by atoms with Crippen LogP contribution in [0.15, 0.2) is 146 Å². The molecule has 4 aromatic carbocycles. The number of benzene rings is 4. The Morgan fingerprint density at radius 2 is 0.915 bits per heavy atom. The zero-order valence-corrected chi connectivity index (χ0v) is 25.6. The highest BCUT2D eigenvalue weighted by atomic mass is 31.1. The predicted molar refractivity (Wildman–Crippen MR) is 181 cm³/mol. The second-order valence-corrected chi connectivity index (χ2v) is 12.4. The van der Waals surface area contributed by atoms with E-state index in [9.17, 15) is 0 Å². The van der Waals surface area contributed by atoms with Gasteiger partial charge in [-0.1, -0.05) is 24.3 Å². The fraction of sp³-hybridized carbons (Fsp3) is 0. The first-order chi connectivity index (χ1) is 23.2. The van der Waals surface area contributed by atoms with Gasteiger partial charge in [-0.25, -0.2) is 15.0 Å². The third-order valence-electron chi connectivity index (χ3n) is 7.18. The molecule has 0 N–H and O–H groups in total. The van der Waals surface area contributed by atoms with Crippen molar-refractivity contribution in [2.75, 3.05) is 0 Å². The first-order valence-corrected chi connectivity index (χ1v) is 16.1. The molecule has 0 spiro atoms. The molecule has 4 aromatic heterocycles. The molecular weight excluding hydrogens is 609 g/mol. The smallest absolute Gasteiger partial charge is 0.219 e. The third kappa shape index (κ3) is 6.16. The number of hydrogen-bond donors (Lipinski definition) is 0. The van der Waals surface area contributed by atoms with Crippen molar-refractivity contribution in [1.29, 1.82) is 0 Å². The van der Waals surface area contributed by atoms with E-state index in [0.29, 0.717) is 51.8 Å². The molecule has 0 fully saturated rings. The molecule has 0 saturated carbocycles. The van der Waals surface area contributed by atoms with Gasteiger partial charge in [0.1, 0.15) is 34.5 Å². The number of ether oxygens (including phenoxy) is 4. The average molecular weight is 634 g/mol. The van der Waals surface area contributed by atoms with E-state index in [1.54, 1.807) is 36.9 Å². The van der Waals surface area contributed by atoms with Crippen molar-refractivity contribution in [2.24, 2.45) is 0 Å². The van der Waals surface area contributed by atoms with E-state index in [1.807, 2.05) is 84.9 Å². The van der Waals surface area contributed by atoms with Crippen LogP contribution in [0.2, 0.25) is 0 Å². The minimum absolute atomic E-state index is 0.510. The first kappa shape index (κ1) is 28.2. The maximum Gasteiger partial charge on any atom is 0.219 e. The van der Waals surface area contributed by atoms with Crippen molar-refractivity contribution in [3.8, 4) is 51.8 Å². The number of pyridine rings is 2. The molecular formula is C37H24N5O4P. The van der Waals surface area contributed by atoms with E-state index >= 15 is 0 Å². The van der Waals surface area contributed by atoms with Gasteiger partial charge in [0.15, 0.2) is 5.57 Å². The maximum atomic E-state index is 6.33. The summed E-state index contributed by atoms with van der Waals surface area (Å²) in [4.78, 5) is 13.1. The summed E-state index contributed by atoms with van der Waals surface area (Å²) in [5.74, 6) is 4.92. The Hall–Kier alpha value is -6.31. The van der Waals surface area contributed by atoms with E-state index in [1.165, 1.54) is 0 Å². The van der Waals surface area contributed by atoms with Crippen LogP contribution in [-0.4, -0.2) is 25.1 Å². The van der Waals surface area contributed by atoms with E-state index in [4.69, 9.17) is 18.9 Å². The summed E-state index contributed by atoms with van der Waals surface area (Å²) in [5.41, 5.74) is 0.647. The summed E-state index contributed by atoms with van der Waals surface area (Å²) in [5, 5.41) is 12.9. The van der Waals surface area contributed by atoms with Crippen molar-refractivity contribution in [3.63, 3.8) is 0 Å². The lowest BCUT2D eigenvalue weighted by atomic mass is 10.1. The van der Waals surface area contributed by atoms with Crippen LogP contribution in [0.4, 0.5) is 0 Å². The Labute approximate surface area is 270 Å². The van der Waals surface area contributed by atoms with Gasteiger partial charge in [-0.05, 0) is 91.1 Å². The topological polar surface area (TPSA) is 101 Å². The second kappa shape index (κ2) is 12.6. The summed E-state index contributed by atoms with van der Waals surface area (Å²) in [7, 11) is -1.14. The summed E-state index contributed by atoms with van der Waals surface area (Å²) in [6.45, 7) is 0. The number of hydrogen-bond acceptors (Lipinski definition) is 9. The molecule has 0 radical (unpaired) electrons. The van der Waals surface area contributed by atoms with Crippen LogP contribution in [0, 0.1) is 0 Å². The van der Waals surface area contributed by atoms with Gasteiger partial charge < -0.3 is 18.9 Å². The zero-order chi connectivity index (χ0) is 31.4. The van der Waals surface area contributed by atoms with Gasteiger partial charge >= 0.3 is 0 Å². The van der Waals surface area contributed by atoms with E-state index in [0.717, 1.165) is 21.0 Å². The SMILES string of the molecule is c1ccc(Oc2cccc(Oc3ccc4c5ccc(Oc6cccc(Oc7ccccn7)c6)cc5p(-c5nccnn5)c4c3)c2)nc1. The zero-order valence-electron chi connectivity index (χ0n) is 24.7. The number of rotatable bonds is 9. The molecule has 0 aliphatic heterocycles. The molecule has 8 rings (SSSR count). The molecule has 0 aliphatic carbocycles. The predicted octanol–water partition coefficient (Wildman–Crippen LogP) is 10.1. The lowest BCUT2D eigenvalue weighted by molar-refractivity contribution is 0.448. The highest BCUT2D eigenvalue weighted by molar-refractivity contribution is 7.67. The minimum atomic E-state index is -1.14. The Morgan fingerprint density at radius 3 is 1.38 bits per heavy atom. The summed E-state index contributed by atoms with van der Waals surface area (Å²) < 4.78 is 24.5. The lowest BCUT2D eigenvalue weighted by Gasteiger charge is -2.09. The minimum Gasteiger partial charge on any atom is -0.457 e. The Morgan fingerprint density at radius 1 is 0.404 bits per heavy atom.